The maximum absolute atomic E-state index is 12.0. The molecule has 150 valence electrons. The van der Waals surface area contributed by atoms with Crippen LogP contribution in [0.15, 0.2) is 24.3 Å². The molecule has 1 fully saturated rings. The average Bonchev–Trinajstić information content (AvgIpc) is 2.61. The molecule has 26 heavy (non-hydrogen) atoms. The molecule has 1 heterocycles. The van der Waals surface area contributed by atoms with Gasteiger partial charge in [0.05, 0.1) is 7.11 Å². The molecule has 0 aliphatic carbocycles. The van der Waals surface area contributed by atoms with Crippen LogP contribution in [-0.4, -0.2) is 51.1 Å². The summed E-state index contributed by atoms with van der Waals surface area (Å²) < 4.78 is 5.20. The Kier molecular flexibility index (Phi) is 12.7. The number of rotatable bonds is 8. The van der Waals surface area contributed by atoms with E-state index in [1.807, 2.05) is 26.1 Å². The summed E-state index contributed by atoms with van der Waals surface area (Å²) in [5.74, 6) is 1.69. The van der Waals surface area contributed by atoms with Gasteiger partial charge in [0.2, 0.25) is 5.91 Å². The van der Waals surface area contributed by atoms with E-state index in [1.165, 1.54) is 5.56 Å². The van der Waals surface area contributed by atoms with E-state index in [0.717, 1.165) is 51.3 Å². The van der Waals surface area contributed by atoms with Crippen molar-refractivity contribution in [3.05, 3.63) is 29.8 Å². The van der Waals surface area contributed by atoms with Crippen molar-refractivity contribution >= 4 is 30.7 Å². The molecule has 2 rings (SSSR count). The second-order valence-electron chi connectivity index (χ2n) is 6.77. The van der Waals surface area contributed by atoms with E-state index in [2.05, 4.69) is 27.7 Å². The number of benzene rings is 1. The first kappa shape index (κ1) is 25.0. The van der Waals surface area contributed by atoms with Gasteiger partial charge in [-0.3, -0.25) is 9.69 Å². The third kappa shape index (κ3) is 8.12. The number of hydrogen-bond donors (Lipinski definition) is 2. The first-order valence-corrected chi connectivity index (χ1v) is 8.90. The predicted molar refractivity (Wildman–Crippen MR) is 112 cm³/mol. The fraction of sp³-hybridized carbons (Fsp3) is 0.632. The highest BCUT2D eigenvalue weighted by atomic mass is 35.5. The molecule has 0 radical (unpaired) electrons. The first-order chi connectivity index (χ1) is 11.6. The molecular weight excluding hydrogens is 373 g/mol. The lowest BCUT2D eigenvalue weighted by atomic mass is 9.96. The van der Waals surface area contributed by atoms with Crippen LogP contribution in [0, 0.1) is 11.8 Å². The highest BCUT2D eigenvalue weighted by Crippen LogP contribution is 2.19. The minimum Gasteiger partial charge on any atom is -0.497 e. The molecule has 1 aromatic rings. The van der Waals surface area contributed by atoms with Crippen LogP contribution in [0.25, 0.3) is 0 Å². The topological polar surface area (TPSA) is 53.6 Å². The van der Waals surface area contributed by atoms with Crippen LogP contribution < -0.4 is 15.4 Å². The number of ether oxygens (including phenoxy) is 1. The van der Waals surface area contributed by atoms with Gasteiger partial charge in [0.15, 0.2) is 0 Å². The molecule has 1 aliphatic rings. The average molecular weight is 406 g/mol. The van der Waals surface area contributed by atoms with Crippen molar-refractivity contribution in [2.24, 2.45) is 11.8 Å². The van der Waals surface area contributed by atoms with Gasteiger partial charge in [-0.1, -0.05) is 19.1 Å². The maximum atomic E-state index is 12.0. The van der Waals surface area contributed by atoms with E-state index in [4.69, 9.17) is 4.74 Å². The van der Waals surface area contributed by atoms with Gasteiger partial charge in [0, 0.05) is 25.6 Å². The van der Waals surface area contributed by atoms with Gasteiger partial charge in [-0.15, -0.1) is 24.8 Å². The van der Waals surface area contributed by atoms with Crippen molar-refractivity contribution in [3.8, 4) is 5.75 Å². The maximum Gasteiger partial charge on any atom is 0.224 e. The molecule has 7 heteroatoms. The monoisotopic (exact) mass is 405 g/mol. The number of likely N-dealkylation sites (tertiary alicyclic amines) is 1. The van der Waals surface area contributed by atoms with Gasteiger partial charge >= 0.3 is 0 Å². The lowest BCUT2D eigenvalue weighted by Gasteiger charge is -2.32. The Morgan fingerprint density at radius 2 is 1.85 bits per heavy atom. The molecule has 0 bridgehead atoms. The molecule has 1 amide bonds. The Hall–Kier alpha value is -1.01. The summed E-state index contributed by atoms with van der Waals surface area (Å²) in [7, 11) is 3.57. The van der Waals surface area contributed by atoms with Crippen LogP contribution >= 0.6 is 24.8 Å². The van der Waals surface area contributed by atoms with Gasteiger partial charge in [0.1, 0.15) is 5.75 Å². The smallest absolute Gasteiger partial charge is 0.224 e. The molecule has 5 nitrogen and oxygen atoms in total. The molecule has 1 atom stereocenters. The Bertz CT molecular complexity index is 506. The number of amides is 1. The predicted octanol–water partition coefficient (Wildman–Crippen LogP) is 2.72. The Balaban J connectivity index is 0.00000312. The van der Waals surface area contributed by atoms with Gasteiger partial charge < -0.3 is 15.4 Å². The summed E-state index contributed by atoms with van der Waals surface area (Å²) in [6.45, 7) is 6.68. The number of carbonyl (C=O) groups excluding carboxylic acids is 1. The van der Waals surface area contributed by atoms with Gasteiger partial charge in [0.25, 0.3) is 0 Å². The van der Waals surface area contributed by atoms with E-state index < -0.39 is 0 Å². The van der Waals surface area contributed by atoms with Gasteiger partial charge in [-0.2, -0.15) is 0 Å². The Morgan fingerprint density at radius 3 is 2.38 bits per heavy atom. The Labute approximate surface area is 170 Å². The Morgan fingerprint density at radius 1 is 1.23 bits per heavy atom. The van der Waals surface area contributed by atoms with Crippen LogP contribution in [0.3, 0.4) is 0 Å². The molecule has 2 N–H and O–H groups in total. The molecule has 0 saturated carbocycles. The largest absolute Gasteiger partial charge is 0.497 e. The molecule has 1 saturated heterocycles. The van der Waals surface area contributed by atoms with Crippen LogP contribution in [-0.2, 0) is 11.3 Å². The highest BCUT2D eigenvalue weighted by molar-refractivity contribution is 5.85. The van der Waals surface area contributed by atoms with Crippen molar-refractivity contribution in [2.45, 2.75) is 26.3 Å². The minimum atomic E-state index is 0. The zero-order valence-corrected chi connectivity index (χ0v) is 17.6. The SMILES string of the molecule is CNCC(C)C(=O)NCC1CCN(Cc2ccc(OC)cc2)CC1.Cl.Cl. The zero-order valence-electron chi connectivity index (χ0n) is 16.0. The van der Waals surface area contributed by atoms with E-state index >= 15 is 0 Å². The normalized spacial score (nSPS) is 16.1. The number of hydrogen-bond acceptors (Lipinski definition) is 4. The van der Waals surface area contributed by atoms with Gasteiger partial charge in [-0.05, 0) is 56.6 Å². The fourth-order valence-corrected chi connectivity index (χ4v) is 3.16. The molecule has 1 aliphatic heterocycles. The highest BCUT2D eigenvalue weighted by Gasteiger charge is 2.20. The third-order valence-electron chi connectivity index (χ3n) is 4.80. The lowest BCUT2D eigenvalue weighted by Crippen LogP contribution is -2.40. The summed E-state index contributed by atoms with van der Waals surface area (Å²) in [6.07, 6.45) is 2.30. The second-order valence-corrected chi connectivity index (χ2v) is 6.77. The first-order valence-electron chi connectivity index (χ1n) is 8.90. The summed E-state index contributed by atoms with van der Waals surface area (Å²) in [6, 6.07) is 8.30. The molecule has 0 spiro atoms. The zero-order chi connectivity index (χ0) is 17.4. The number of piperidine rings is 1. The number of nitrogens with zero attached hydrogens (tertiary/aromatic N) is 1. The fourth-order valence-electron chi connectivity index (χ4n) is 3.16. The van der Waals surface area contributed by atoms with E-state index in [1.54, 1.807) is 7.11 Å². The lowest BCUT2D eigenvalue weighted by molar-refractivity contribution is -0.124. The number of methoxy groups -OCH3 is 1. The van der Waals surface area contributed by atoms with Crippen LogP contribution in [0.1, 0.15) is 25.3 Å². The minimum absolute atomic E-state index is 0. The van der Waals surface area contributed by atoms with Crippen molar-refractivity contribution < 1.29 is 9.53 Å². The van der Waals surface area contributed by atoms with E-state index in [-0.39, 0.29) is 36.6 Å². The number of nitrogens with one attached hydrogen (secondary N) is 2. The van der Waals surface area contributed by atoms with Crippen LogP contribution in [0.5, 0.6) is 5.75 Å². The molecule has 0 aromatic heterocycles. The van der Waals surface area contributed by atoms with Crippen LogP contribution in [0.2, 0.25) is 0 Å². The van der Waals surface area contributed by atoms with E-state index in [0.29, 0.717) is 5.92 Å². The molecular formula is C19H33Cl2N3O2. The molecule has 1 aromatic carbocycles. The summed E-state index contributed by atoms with van der Waals surface area (Å²) in [4.78, 5) is 14.5. The van der Waals surface area contributed by atoms with Crippen molar-refractivity contribution in [2.75, 3.05) is 40.3 Å². The van der Waals surface area contributed by atoms with Gasteiger partial charge in [-0.25, -0.2) is 0 Å². The third-order valence-corrected chi connectivity index (χ3v) is 4.80. The van der Waals surface area contributed by atoms with Crippen LogP contribution in [0.4, 0.5) is 0 Å². The van der Waals surface area contributed by atoms with E-state index in [9.17, 15) is 4.79 Å². The number of halogens is 2. The second kappa shape index (κ2) is 13.2. The van der Waals surface area contributed by atoms with Crippen molar-refractivity contribution in [3.63, 3.8) is 0 Å². The standard InChI is InChI=1S/C19H31N3O2.2ClH/c1-15(12-20-2)19(23)21-13-16-8-10-22(11-9-16)14-17-4-6-18(24-3)7-5-17;;/h4-7,15-16,20H,8-14H2,1-3H3,(H,21,23);2*1H. The summed E-state index contributed by atoms with van der Waals surface area (Å²) >= 11 is 0. The summed E-state index contributed by atoms with van der Waals surface area (Å²) in [5, 5.41) is 6.15. The molecule has 1 unspecified atom stereocenters. The quantitative estimate of drug-likeness (QED) is 0.697. The number of carbonyl (C=O) groups is 1. The van der Waals surface area contributed by atoms with Crippen molar-refractivity contribution in [1.82, 2.24) is 15.5 Å². The van der Waals surface area contributed by atoms with Crippen molar-refractivity contribution in [1.29, 1.82) is 0 Å². The summed E-state index contributed by atoms with van der Waals surface area (Å²) in [5.41, 5.74) is 1.32.